The third kappa shape index (κ3) is 3.09. The standard InChI is InChI=1S/C14H12ClFN2O/c1-8-3-4-12(16)13(5-8)18-14(19)10-7-17-9(2)6-11(10)15/h3-7H,1-2H3,(H,18,19). The smallest absolute Gasteiger partial charge is 0.258 e. The fourth-order valence-electron chi connectivity index (χ4n) is 1.62. The lowest BCUT2D eigenvalue weighted by molar-refractivity contribution is 0.102. The second-order valence-electron chi connectivity index (χ2n) is 4.24. The number of aromatic nitrogens is 1. The Morgan fingerprint density at radius 2 is 2.05 bits per heavy atom. The summed E-state index contributed by atoms with van der Waals surface area (Å²) in [5.74, 6) is -0.975. The van der Waals surface area contributed by atoms with E-state index in [4.69, 9.17) is 11.6 Å². The van der Waals surface area contributed by atoms with Crippen molar-refractivity contribution in [3.8, 4) is 0 Å². The van der Waals surface area contributed by atoms with E-state index in [9.17, 15) is 9.18 Å². The number of halogens is 2. The number of carbonyl (C=O) groups excluding carboxylic acids is 1. The van der Waals surface area contributed by atoms with Crippen LogP contribution in [-0.2, 0) is 0 Å². The van der Waals surface area contributed by atoms with Gasteiger partial charge in [-0.15, -0.1) is 0 Å². The van der Waals surface area contributed by atoms with Crippen LogP contribution in [-0.4, -0.2) is 10.9 Å². The molecule has 3 nitrogen and oxygen atoms in total. The number of amides is 1. The highest BCUT2D eigenvalue weighted by atomic mass is 35.5. The molecule has 5 heteroatoms. The molecule has 0 spiro atoms. The maximum atomic E-state index is 13.5. The molecule has 1 amide bonds. The van der Waals surface area contributed by atoms with Gasteiger partial charge in [-0.2, -0.15) is 0 Å². The van der Waals surface area contributed by atoms with Gasteiger partial charge >= 0.3 is 0 Å². The lowest BCUT2D eigenvalue weighted by Gasteiger charge is -2.08. The number of hydrogen-bond donors (Lipinski definition) is 1. The van der Waals surface area contributed by atoms with Crippen LogP contribution in [0.2, 0.25) is 5.02 Å². The minimum Gasteiger partial charge on any atom is -0.319 e. The van der Waals surface area contributed by atoms with Crippen LogP contribution in [0.25, 0.3) is 0 Å². The maximum Gasteiger partial charge on any atom is 0.258 e. The molecule has 0 aliphatic heterocycles. The summed E-state index contributed by atoms with van der Waals surface area (Å²) in [5.41, 5.74) is 1.91. The van der Waals surface area contributed by atoms with Crippen LogP contribution in [0, 0.1) is 19.7 Å². The first-order valence-electron chi connectivity index (χ1n) is 5.67. The molecule has 0 saturated carbocycles. The molecular weight excluding hydrogens is 267 g/mol. The Hall–Kier alpha value is -1.94. The van der Waals surface area contributed by atoms with Gasteiger partial charge in [-0.25, -0.2) is 4.39 Å². The van der Waals surface area contributed by atoms with E-state index in [2.05, 4.69) is 10.3 Å². The van der Waals surface area contributed by atoms with E-state index in [0.29, 0.717) is 5.69 Å². The molecule has 2 aromatic rings. The lowest BCUT2D eigenvalue weighted by Crippen LogP contribution is -2.14. The molecule has 1 aromatic carbocycles. The third-order valence-corrected chi connectivity index (χ3v) is 2.92. The SMILES string of the molecule is Cc1ccc(F)c(NC(=O)c2cnc(C)cc2Cl)c1. The van der Waals surface area contributed by atoms with Crippen LogP contribution in [0.15, 0.2) is 30.5 Å². The molecule has 19 heavy (non-hydrogen) atoms. The molecule has 98 valence electrons. The van der Waals surface area contributed by atoms with E-state index in [-0.39, 0.29) is 16.3 Å². The van der Waals surface area contributed by atoms with Gasteiger partial charge < -0.3 is 5.32 Å². The summed E-state index contributed by atoms with van der Waals surface area (Å²) in [5, 5.41) is 2.78. The Labute approximate surface area is 115 Å². The number of nitrogens with zero attached hydrogens (tertiary/aromatic N) is 1. The fraction of sp³-hybridized carbons (Fsp3) is 0.143. The van der Waals surface area contributed by atoms with Crippen LogP contribution in [0.5, 0.6) is 0 Å². The molecular formula is C14H12ClFN2O. The van der Waals surface area contributed by atoms with Gasteiger partial charge in [0.25, 0.3) is 5.91 Å². The van der Waals surface area contributed by atoms with E-state index in [1.54, 1.807) is 25.1 Å². The van der Waals surface area contributed by atoms with Crippen molar-refractivity contribution in [2.75, 3.05) is 5.32 Å². The van der Waals surface area contributed by atoms with Crippen molar-refractivity contribution in [2.24, 2.45) is 0 Å². The van der Waals surface area contributed by atoms with Gasteiger partial charge in [0.2, 0.25) is 0 Å². The summed E-state index contributed by atoms with van der Waals surface area (Å²) < 4.78 is 13.5. The Morgan fingerprint density at radius 3 is 2.74 bits per heavy atom. The fourth-order valence-corrected chi connectivity index (χ4v) is 1.91. The van der Waals surface area contributed by atoms with Gasteiger partial charge in [0, 0.05) is 11.9 Å². The number of carbonyl (C=O) groups is 1. The van der Waals surface area contributed by atoms with Crippen molar-refractivity contribution in [2.45, 2.75) is 13.8 Å². The summed E-state index contributed by atoms with van der Waals surface area (Å²) in [6.45, 7) is 3.59. The van der Waals surface area contributed by atoms with Crippen molar-refractivity contribution in [3.05, 3.63) is 58.1 Å². The molecule has 1 N–H and O–H groups in total. The quantitative estimate of drug-likeness (QED) is 0.909. The molecule has 0 bridgehead atoms. The molecule has 0 fully saturated rings. The second kappa shape index (κ2) is 5.36. The monoisotopic (exact) mass is 278 g/mol. The summed E-state index contributed by atoms with van der Waals surface area (Å²) in [6, 6.07) is 6.08. The normalized spacial score (nSPS) is 10.3. The molecule has 0 unspecified atom stereocenters. The Kier molecular flexibility index (Phi) is 3.81. The summed E-state index contributed by atoms with van der Waals surface area (Å²) >= 11 is 5.97. The lowest BCUT2D eigenvalue weighted by atomic mass is 10.2. The average molecular weight is 279 g/mol. The predicted octanol–water partition coefficient (Wildman–Crippen LogP) is 3.74. The number of hydrogen-bond acceptors (Lipinski definition) is 2. The van der Waals surface area contributed by atoms with E-state index in [1.807, 2.05) is 6.92 Å². The first kappa shape index (κ1) is 13.5. The highest BCUT2D eigenvalue weighted by molar-refractivity contribution is 6.34. The average Bonchev–Trinajstić information content (AvgIpc) is 2.33. The van der Waals surface area contributed by atoms with E-state index < -0.39 is 11.7 Å². The Bertz CT molecular complexity index is 643. The van der Waals surface area contributed by atoms with Crippen molar-refractivity contribution in [1.29, 1.82) is 0 Å². The second-order valence-corrected chi connectivity index (χ2v) is 4.65. The number of pyridine rings is 1. The largest absolute Gasteiger partial charge is 0.319 e. The van der Waals surface area contributed by atoms with Crippen molar-refractivity contribution < 1.29 is 9.18 Å². The van der Waals surface area contributed by atoms with Crippen LogP contribution >= 0.6 is 11.6 Å². The van der Waals surface area contributed by atoms with Crippen LogP contribution < -0.4 is 5.32 Å². The molecule has 0 saturated heterocycles. The van der Waals surface area contributed by atoms with Crippen molar-refractivity contribution >= 4 is 23.2 Å². The first-order chi connectivity index (χ1) is 8.97. The highest BCUT2D eigenvalue weighted by Gasteiger charge is 2.13. The molecule has 1 heterocycles. The molecule has 0 aliphatic carbocycles. The Morgan fingerprint density at radius 1 is 1.32 bits per heavy atom. The van der Waals surface area contributed by atoms with Gasteiger partial charge in [-0.1, -0.05) is 17.7 Å². The van der Waals surface area contributed by atoms with Gasteiger partial charge in [-0.3, -0.25) is 9.78 Å². The number of aryl methyl sites for hydroxylation is 2. The minimum absolute atomic E-state index is 0.127. The summed E-state index contributed by atoms with van der Waals surface area (Å²) in [7, 11) is 0. The molecule has 0 radical (unpaired) electrons. The number of benzene rings is 1. The van der Waals surface area contributed by atoms with Crippen LogP contribution in [0.4, 0.5) is 10.1 Å². The summed E-state index contributed by atoms with van der Waals surface area (Å²) in [4.78, 5) is 16.0. The molecule has 1 aromatic heterocycles. The number of rotatable bonds is 2. The van der Waals surface area contributed by atoms with Crippen molar-refractivity contribution in [1.82, 2.24) is 4.98 Å². The zero-order chi connectivity index (χ0) is 14.0. The topological polar surface area (TPSA) is 42.0 Å². The van der Waals surface area contributed by atoms with Crippen LogP contribution in [0.3, 0.4) is 0 Å². The van der Waals surface area contributed by atoms with E-state index >= 15 is 0 Å². The van der Waals surface area contributed by atoms with Gasteiger partial charge in [0.15, 0.2) is 0 Å². The predicted molar refractivity (Wildman–Crippen MR) is 73.1 cm³/mol. The number of anilines is 1. The molecule has 2 rings (SSSR count). The van der Waals surface area contributed by atoms with E-state index in [0.717, 1.165) is 5.56 Å². The summed E-state index contributed by atoms with van der Waals surface area (Å²) in [6.07, 6.45) is 1.38. The highest BCUT2D eigenvalue weighted by Crippen LogP contribution is 2.20. The van der Waals surface area contributed by atoms with Gasteiger partial charge in [0.1, 0.15) is 5.82 Å². The van der Waals surface area contributed by atoms with Crippen LogP contribution in [0.1, 0.15) is 21.6 Å². The van der Waals surface area contributed by atoms with Gasteiger partial charge in [-0.05, 0) is 37.6 Å². The number of nitrogens with one attached hydrogen (secondary N) is 1. The first-order valence-corrected chi connectivity index (χ1v) is 6.05. The Balaban J connectivity index is 2.28. The third-order valence-electron chi connectivity index (χ3n) is 2.60. The van der Waals surface area contributed by atoms with Crippen molar-refractivity contribution in [3.63, 3.8) is 0 Å². The zero-order valence-corrected chi connectivity index (χ0v) is 11.3. The van der Waals surface area contributed by atoms with E-state index in [1.165, 1.54) is 12.3 Å². The zero-order valence-electron chi connectivity index (χ0n) is 10.5. The maximum absolute atomic E-state index is 13.5. The molecule has 0 aliphatic rings. The molecule has 0 atom stereocenters. The van der Waals surface area contributed by atoms with Gasteiger partial charge in [0.05, 0.1) is 16.3 Å². The minimum atomic E-state index is -0.491.